The number of nitrogens with zero attached hydrogens (tertiary/aromatic N) is 4. The fraction of sp³-hybridized carbons (Fsp3) is 0.148. The van der Waals surface area contributed by atoms with Crippen molar-refractivity contribution in [1.29, 1.82) is 0 Å². The lowest BCUT2D eigenvalue weighted by Crippen LogP contribution is -2.13. The Balaban J connectivity index is 1.31. The fourth-order valence-electron chi connectivity index (χ4n) is 4.16. The molecular formula is C27H24FN5O. The van der Waals surface area contributed by atoms with Gasteiger partial charge >= 0.3 is 0 Å². The van der Waals surface area contributed by atoms with Gasteiger partial charge in [-0.05, 0) is 37.3 Å². The standard InChI is InChI=1S/C27H24FN5O/c1-18-15-21-25(34-2)11-10-22(28)27(21)33(18)14-13-30-26-16-24(31-17-32-26)20-8-6-19(7-9-20)23-5-3-4-12-29-23/h3-12,15-17H,13-14H2,1-2H3,(H,30,31,32). The van der Waals surface area contributed by atoms with E-state index in [9.17, 15) is 4.39 Å². The van der Waals surface area contributed by atoms with E-state index in [-0.39, 0.29) is 5.82 Å². The van der Waals surface area contributed by atoms with E-state index in [1.165, 1.54) is 6.07 Å². The monoisotopic (exact) mass is 453 g/mol. The third-order valence-electron chi connectivity index (χ3n) is 5.85. The summed E-state index contributed by atoms with van der Waals surface area (Å²) < 4.78 is 21.9. The largest absolute Gasteiger partial charge is 0.496 e. The highest BCUT2D eigenvalue weighted by Gasteiger charge is 2.14. The van der Waals surface area contributed by atoms with Gasteiger partial charge in [0.1, 0.15) is 23.7 Å². The van der Waals surface area contributed by atoms with E-state index in [1.807, 2.05) is 66.1 Å². The maximum atomic E-state index is 14.6. The van der Waals surface area contributed by atoms with Crippen LogP contribution in [0.3, 0.4) is 0 Å². The molecule has 0 radical (unpaired) electrons. The first-order chi connectivity index (χ1) is 16.6. The molecule has 6 nitrogen and oxygen atoms in total. The molecule has 3 heterocycles. The average Bonchev–Trinajstić information content (AvgIpc) is 3.22. The predicted molar refractivity (Wildman–Crippen MR) is 132 cm³/mol. The topological polar surface area (TPSA) is 64.9 Å². The van der Waals surface area contributed by atoms with Gasteiger partial charge in [0.25, 0.3) is 0 Å². The molecule has 0 saturated heterocycles. The lowest BCUT2D eigenvalue weighted by molar-refractivity contribution is 0.419. The summed E-state index contributed by atoms with van der Waals surface area (Å²) in [5.41, 5.74) is 5.32. The van der Waals surface area contributed by atoms with Crippen molar-refractivity contribution in [3.8, 4) is 28.3 Å². The summed E-state index contributed by atoms with van der Waals surface area (Å²) in [6, 6.07) is 21.0. The first-order valence-electron chi connectivity index (χ1n) is 11.0. The maximum absolute atomic E-state index is 14.6. The van der Waals surface area contributed by atoms with Gasteiger partial charge in [-0.2, -0.15) is 0 Å². The van der Waals surface area contributed by atoms with E-state index in [0.29, 0.717) is 30.2 Å². The molecule has 0 atom stereocenters. The predicted octanol–water partition coefficient (Wildman–Crippen LogP) is 5.73. The summed E-state index contributed by atoms with van der Waals surface area (Å²) in [5.74, 6) is 1.12. The molecule has 0 aliphatic heterocycles. The van der Waals surface area contributed by atoms with Crippen molar-refractivity contribution in [3.63, 3.8) is 0 Å². The van der Waals surface area contributed by atoms with Gasteiger partial charge in [-0.1, -0.05) is 30.3 Å². The molecule has 34 heavy (non-hydrogen) atoms. The van der Waals surface area contributed by atoms with Crippen molar-refractivity contribution in [2.75, 3.05) is 19.0 Å². The van der Waals surface area contributed by atoms with Gasteiger partial charge < -0.3 is 14.6 Å². The van der Waals surface area contributed by atoms with Crippen LogP contribution < -0.4 is 10.1 Å². The summed E-state index contributed by atoms with van der Waals surface area (Å²) in [7, 11) is 1.60. The number of halogens is 1. The van der Waals surface area contributed by atoms with Gasteiger partial charge in [-0.25, -0.2) is 14.4 Å². The number of benzene rings is 2. The van der Waals surface area contributed by atoms with Crippen molar-refractivity contribution in [1.82, 2.24) is 19.5 Å². The Labute approximate surface area is 197 Å². The molecule has 7 heteroatoms. The number of hydrogen-bond acceptors (Lipinski definition) is 5. The number of hydrogen-bond donors (Lipinski definition) is 1. The van der Waals surface area contributed by atoms with Crippen molar-refractivity contribution < 1.29 is 9.13 Å². The van der Waals surface area contributed by atoms with Crippen molar-refractivity contribution in [2.24, 2.45) is 0 Å². The van der Waals surface area contributed by atoms with Crippen LogP contribution in [-0.2, 0) is 6.54 Å². The quantitative estimate of drug-likeness (QED) is 0.341. The zero-order valence-electron chi connectivity index (χ0n) is 19.0. The van der Waals surface area contributed by atoms with Crippen molar-refractivity contribution in [2.45, 2.75) is 13.5 Å². The van der Waals surface area contributed by atoms with Gasteiger partial charge in [-0.15, -0.1) is 0 Å². The number of aryl methyl sites for hydroxylation is 1. The first-order valence-corrected chi connectivity index (χ1v) is 11.0. The Hall–Kier alpha value is -4.26. The van der Waals surface area contributed by atoms with E-state index in [0.717, 1.165) is 33.6 Å². The smallest absolute Gasteiger partial charge is 0.147 e. The molecule has 0 spiro atoms. The number of ether oxygens (including phenoxy) is 1. The first kappa shape index (κ1) is 21.6. The molecule has 0 amide bonds. The molecule has 2 aromatic carbocycles. The highest BCUT2D eigenvalue weighted by atomic mass is 19.1. The number of methoxy groups -OCH3 is 1. The normalized spacial score (nSPS) is 11.0. The SMILES string of the molecule is COc1ccc(F)c2c1cc(C)n2CCNc1cc(-c2ccc(-c3ccccn3)cc2)ncn1. The summed E-state index contributed by atoms with van der Waals surface area (Å²) in [4.78, 5) is 13.2. The number of fused-ring (bicyclic) bond motifs is 1. The van der Waals surface area contributed by atoms with Crippen LogP contribution in [0.4, 0.5) is 10.2 Å². The van der Waals surface area contributed by atoms with Crippen LogP contribution in [-0.4, -0.2) is 33.2 Å². The second-order valence-electron chi connectivity index (χ2n) is 7.96. The molecule has 0 saturated carbocycles. The second-order valence-corrected chi connectivity index (χ2v) is 7.96. The van der Waals surface area contributed by atoms with Crippen molar-refractivity contribution >= 4 is 16.7 Å². The van der Waals surface area contributed by atoms with E-state index < -0.39 is 0 Å². The maximum Gasteiger partial charge on any atom is 0.147 e. The van der Waals surface area contributed by atoms with Crippen LogP contribution in [0.5, 0.6) is 5.75 Å². The fourth-order valence-corrected chi connectivity index (χ4v) is 4.16. The minimum Gasteiger partial charge on any atom is -0.496 e. The van der Waals surface area contributed by atoms with E-state index in [4.69, 9.17) is 4.74 Å². The molecule has 0 aliphatic carbocycles. The number of nitrogens with one attached hydrogen (secondary N) is 1. The zero-order chi connectivity index (χ0) is 23.5. The van der Waals surface area contributed by atoms with E-state index >= 15 is 0 Å². The lowest BCUT2D eigenvalue weighted by atomic mass is 10.1. The Morgan fingerprint density at radius 2 is 1.71 bits per heavy atom. The third-order valence-corrected chi connectivity index (χ3v) is 5.85. The molecular weight excluding hydrogens is 429 g/mol. The van der Waals surface area contributed by atoms with Crippen LogP contribution in [0.1, 0.15) is 5.69 Å². The zero-order valence-corrected chi connectivity index (χ0v) is 19.0. The minimum atomic E-state index is -0.262. The van der Waals surface area contributed by atoms with Crippen LogP contribution in [0.25, 0.3) is 33.4 Å². The summed E-state index contributed by atoms with van der Waals surface area (Å²) >= 11 is 0. The Morgan fingerprint density at radius 3 is 2.44 bits per heavy atom. The molecule has 3 aromatic heterocycles. The highest BCUT2D eigenvalue weighted by molar-refractivity contribution is 5.88. The van der Waals surface area contributed by atoms with Gasteiger partial charge in [0, 0.05) is 47.6 Å². The van der Waals surface area contributed by atoms with E-state index in [1.54, 1.807) is 25.7 Å². The number of anilines is 1. The summed E-state index contributed by atoms with van der Waals surface area (Å²) in [5, 5.41) is 4.11. The molecule has 5 aromatic rings. The number of aromatic nitrogens is 4. The summed E-state index contributed by atoms with van der Waals surface area (Å²) in [6.45, 7) is 3.13. The third kappa shape index (κ3) is 4.20. The minimum absolute atomic E-state index is 0.262. The molecule has 1 N–H and O–H groups in total. The van der Waals surface area contributed by atoms with Gasteiger partial charge in [0.2, 0.25) is 0 Å². The van der Waals surface area contributed by atoms with Crippen LogP contribution in [0.2, 0.25) is 0 Å². The Kier molecular flexibility index (Phi) is 5.91. The highest BCUT2D eigenvalue weighted by Crippen LogP contribution is 2.31. The van der Waals surface area contributed by atoms with Crippen LogP contribution in [0, 0.1) is 12.7 Å². The summed E-state index contributed by atoms with van der Waals surface area (Å²) in [6.07, 6.45) is 3.33. The second kappa shape index (κ2) is 9.31. The Bertz CT molecular complexity index is 1430. The molecule has 170 valence electrons. The Morgan fingerprint density at radius 1 is 0.912 bits per heavy atom. The van der Waals surface area contributed by atoms with Crippen molar-refractivity contribution in [3.05, 3.63) is 90.8 Å². The van der Waals surface area contributed by atoms with Gasteiger partial charge in [0.05, 0.1) is 24.0 Å². The van der Waals surface area contributed by atoms with Crippen LogP contribution in [0.15, 0.2) is 79.3 Å². The molecule has 0 fully saturated rings. The average molecular weight is 454 g/mol. The van der Waals surface area contributed by atoms with Crippen LogP contribution >= 0.6 is 0 Å². The molecule has 0 bridgehead atoms. The lowest BCUT2D eigenvalue weighted by Gasteiger charge is -2.12. The molecule has 0 unspecified atom stereocenters. The van der Waals surface area contributed by atoms with E-state index in [2.05, 4.69) is 20.3 Å². The number of rotatable bonds is 7. The van der Waals surface area contributed by atoms with Gasteiger partial charge in [-0.3, -0.25) is 4.98 Å². The molecule has 0 aliphatic rings. The number of pyridine rings is 1. The molecule has 5 rings (SSSR count). The van der Waals surface area contributed by atoms with Gasteiger partial charge in [0.15, 0.2) is 0 Å².